The first-order valence-corrected chi connectivity index (χ1v) is 8.79. The molecule has 0 radical (unpaired) electrons. The number of nitrogens with zero attached hydrogens (tertiary/aromatic N) is 1. The van der Waals surface area contributed by atoms with Gasteiger partial charge in [0.15, 0.2) is 5.96 Å². The van der Waals surface area contributed by atoms with E-state index < -0.39 is 0 Å². The quantitative estimate of drug-likeness (QED) is 0.187. The topological polar surface area (TPSA) is 54.9 Å². The highest BCUT2D eigenvalue weighted by atomic mass is 127. The molecule has 0 spiro atoms. The molecular weight excluding hydrogens is 405 g/mol. The molecular formula is C17H38IN3O2. The lowest BCUT2D eigenvalue weighted by Gasteiger charge is -2.18. The number of unbranched alkanes of at least 4 members (excludes halogenated alkanes) is 2. The van der Waals surface area contributed by atoms with Gasteiger partial charge in [-0.2, -0.15) is 0 Å². The normalized spacial score (nSPS) is 12.6. The summed E-state index contributed by atoms with van der Waals surface area (Å²) < 4.78 is 10.4. The minimum atomic E-state index is 0. The van der Waals surface area contributed by atoms with E-state index in [1.54, 1.807) is 7.11 Å². The molecule has 0 aliphatic rings. The average molecular weight is 443 g/mol. The summed E-state index contributed by atoms with van der Waals surface area (Å²) in [4.78, 5) is 4.28. The van der Waals surface area contributed by atoms with Crippen LogP contribution < -0.4 is 10.6 Å². The van der Waals surface area contributed by atoms with E-state index >= 15 is 0 Å². The Morgan fingerprint density at radius 1 is 1.04 bits per heavy atom. The van der Waals surface area contributed by atoms with Gasteiger partial charge in [-0.3, -0.25) is 4.99 Å². The van der Waals surface area contributed by atoms with E-state index in [0.717, 1.165) is 44.4 Å². The fraction of sp³-hybridized carbons (Fsp3) is 0.941. The van der Waals surface area contributed by atoms with Crippen molar-refractivity contribution in [1.29, 1.82) is 0 Å². The molecule has 0 heterocycles. The first-order valence-electron chi connectivity index (χ1n) is 8.79. The molecule has 0 rings (SSSR count). The van der Waals surface area contributed by atoms with E-state index in [-0.39, 0.29) is 24.0 Å². The van der Waals surface area contributed by atoms with E-state index in [0.29, 0.717) is 13.2 Å². The number of halogens is 1. The smallest absolute Gasteiger partial charge is 0.190 e. The van der Waals surface area contributed by atoms with Gasteiger partial charge in [0.1, 0.15) is 0 Å². The van der Waals surface area contributed by atoms with Crippen LogP contribution in [0.2, 0.25) is 0 Å². The summed E-state index contributed by atoms with van der Waals surface area (Å²) in [6.07, 6.45) is 7.26. The van der Waals surface area contributed by atoms with Crippen LogP contribution in [0.3, 0.4) is 0 Å². The molecule has 0 aliphatic heterocycles. The summed E-state index contributed by atoms with van der Waals surface area (Å²) in [5.74, 6) is 1.66. The predicted octanol–water partition coefficient (Wildman–Crippen LogP) is 3.43. The van der Waals surface area contributed by atoms with Crippen LogP contribution in [0.5, 0.6) is 0 Å². The Morgan fingerprint density at radius 3 is 2.43 bits per heavy atom. The number of aliphatic imine (C=N–C) groups is 1. The van der Waals surface area contributed by atoms with Crippen molar-refractivity contribution in [2.24, 2.45) is 10.9 Å². The van der Waals surface area contributed by atoms with Gasteiger partial charge in [0, 0.05) is 33.9 Å². The van der Waals surface area contributed by atoms with Gasteiger partial charge in [0.05, 0.1) is 13.2 Å². The van der Waals surface area contributed by atoms with Gasteiger partial charge in [-0.15, -0.1) is 24.0 Å². The molecule has 0 saturated heterocycles. The molecule has 0 bridgehead atoms. The van der Waals surface area contributed by atoms with Crippen LogP contribution in [0.1, 0.15) is 52.4 Å². The van der Waals surface area contributed by atoms with Crippen LogP contribution in [0.4, 0.5) is 0 Å². The second-order valence-electron chi connectivity index (χ2n) is 5.61. The molecule has 0 amide bonds. The summed E-state index contributed by atoms with van der Waals surface area (Å²) in [6, 6.07) is 0. The second-order valence-corrected chi connectivity index (χ2v) is 5.61. The summed E-state index contributed by atoms with van der Waals surface area (Å²) in [6.45, 7) is 8.61. The molecule has 0 aromatic heterocycles. The van der Waals surface area contributed by atoms with Crippen molar-refractivity contribution in [3.05, 3.63) is 0 Å². The van der Waals surface area contributed by atoms with E-state index in [1.165, 1.54) is 25.7 Å². The first kappa shape index (κ1) is 25.2. The zero-order chi connectivity index (χ0) is 16.5. The van der Waals surface area contributed by atoms with Crippen molar-refractivity contribution in [3.8, 4) is 0 Å². The minimum absolute atomic E-state index is 0. The van der Waals surface area contributed by atoms with Gasteiger partial charge in [0.2, 0.25) is 0 Å². The molecule has 0 aliphatic carbocycles. The monoisotopic (exact) mass is 443 g/mol. The Hall–Kier alpha value is -0.0800. The Kier molecular flexibility index (Phi) is 21.8. The van der Waals surface area contributed by atoms with Crippen LogP contribution in [0.15, 0.2) is 4.99 Å². The first-order chi connectivity index (χ1) is 10.8. The fourth-order valence-corrected chi connectivity index (χ4v) is 2.19. The molecule has 0 saturated carbocycles. The van der Waals surface area contributed by atoms with Crippen molar-refractivity contribution in [1.82, 2.24) is 10.6 Å². The number of hydrogen-bond donors (Lipinski definition) is 2. The Morgan fingerprint density at radius 2 is 1.83 bits per heavy atom. The molecule has 23 heavy (non-hydrogen) atoms. The third kappa shape index (κ3) is 16.6. The van der Waals surface area contributed by atoms with Gasteiger partial charge in [-0.25, -0.2) is 0 Å². The maximum atomic E-state index is 5.44. The van der Waals surface area contributed by atoms with Crippen LogP contribution in [0.25, 0.3) is 0 Å². The van der Waals surface area contributed by atoms with Crippen molar-refractivity contribution in [2.45, 2.75) is 52.4 Å². The molecule has 0 aromatic rings. The van der Waals surface area contributed by atoms with E-state index in [9.17, 15) is 0 Å². The molecule has 2 N–H and O–H groups in total. The van der Waals surface area contributed by atoms with Gasteiger partial charge < -0.3 is 20.1 Å². The lowest BCUT2D eigenvalue weighted by molar-refractivity contribution is 0.0689. The second kappa shape index (κ2) is 20.0. The number of ether oxygens (including phenoxy) is 2. The maximum Gasteiger partial charge on any atom is 0.190 e. The molecule has 0 aromatic carbocycles. The summed E-state index contributed by atoms with van der Waals surface area (Å²) in [7, 11) is 3.52. The minimum Gasteiger partial charge on any atom is -0.382 e. The highest BCUT2D eigenvalue weighted by Gasteiger charge is 2.06. The van der Waals surface area contributed by atoms with Crippen molar-refractivity contribution >= 4 is 29.9 Å². The van der Waals surface area contributed by atoms with Gasteiger partial charge in [0.25, 0.3) is 0 Å². The summed E-state index contributed by atoms with van der Waals surface area (Å²) in [5, 5.41) is 6.80. The Bertz CT molecular complexity index is 266. The number of nitrogens with one attached hydrogen (secondary N) is 2. The third-order valence-corrected chi connectivity index (χ3v) is 3.76. The number of methoxy groups -OCH3 is 1. The van der Waals surface area contributed by atoms with Gasteiger partial charge in [-0.05, 0) is 25.2 Å². The van der Waals surface area contributed by atoms with Crippen LogP contribution in [0, 0.1) is 5.92 Å². The van der Waals surface area contributed by atoms with E-state index in [1.807, 2.05) is 7.05 Å². The van der Waals surface area contributed by atoms with Crippen molar-refractivity contribution in [3.63, 3.8) is 0 Å². The van der Waals surface area contributed by atoms with Crippen LogP contribution in [-0.2, 0) is 9.47 Å². The fourth-order valence-electron chi connectivity index (χ4n) is 2.19. The lowest BCUT2D eigenvalue weighted by atomic mass is 9.99. The zero-order valence-electron chi connectivity index (χ0n) is 15.5. The number of guanidine groups is 1. The van der Waals surface area contributed by atoms with Crippen LogP contribution >= 0.6 is 24.0 Å². The largest absolute Gasteiger partial charge is 0.382 e. The Labute approximate surface area is 160 Å². The third-order valence-electron chi connectivity index (χ3n) is 3.76. The molecule has 5 nitrogen and oxygen atoms in total. The SMILES string of the molecule is CCCCC(CC)CNC(=NC)NCCCCOCCOC.I. The Balaban J connectivity index is 0. The highest BCUT2D eigenvalue weighted by Crippen LogP contribution is 2.10. The van der Waals surface area contributed by atoms with Crippen LogP contribution in [-0.4, -0.2) is 53.0 Å². The molecule has 140 valence electrons. The highest BCUT2D eigenvalue weighted by molar-refractivity contribution is 14.0. The standard InChI is InChI=1S/C17H37N3O2.HI/c1-5-7-10-16(6-2)15-20-17(18-3)19-11-8-9-12-22-14-13-21-4;/h16H,5-15H2,1-4H3,(H2,18,19,20);1H. The molecule has 0 fully saturated rings. The van der Waals surface area contributed by atoms with Crippen molar-refractivity contribution in [2.75, 3.05) is 47.1 Å². The zero-order valence-corrected chi connectivity index (χ0v) is 17.9. The van der Waals surface area contributed by atoms with E-state index in [2.05, 4.69) is 29.5 Å². The summed E-state index contributed by atoms with van der Waals surface area (Å²) in [5.41, 5.74) is 0. The summed E-state index contributed by atoms with van der Waals surface area (Å²) >= 11 is 0. The average Bonchev–Trinajstić information content (AvgIpc) is 2.55. The lowest BCUT2D eigenvalue weighted by Crippen LogP contribution is -2.40. The number of hydrogen-bond acceptors (Lipinski definition) is 3. The molecule has 1 unspecified atom stereocenters. The van der Waals surface area contributed by atoms with Crippen molar-refractivity contribution < 1.29 is 9.47 Å². The predicted molar refractivity (Wildman–Crippen MR) is 110 cm³/mol. The number of rotatable bonds is 14. The van der Waals surface area contributed by atoms with Gasteiger partial charge in [-0.1, -0.05) is 33.1 Å². The maximum absolute atomic E-state index is 5.44. The van der Waals surface area contributed by atoms with Gasteiger partial charge >= 0.3 is 0 Å². The molecule has 6 heteroatoms. The molecule has 1 atom stereocenters. The van der Waals surface area contributed by atoms with E-state index in [4.69, 9.17) is 9.47 Å².